The zero-order valence-corrected chi connectivity index (χ0v) is 20.2. The molecule has 0 bridgehead atoms. The van der Waals surface area contributed by atoms with Gasteiger partial charge in [-0.2, -0.15) is 13.2 Å². The van der Waals surface area contributed by atoms with Crippen molar-refractivity contribution in [3.63, 3.8) is 0 Å². The SMILES string of the molecule is CCCCC1(OCCOCCO)c2ccccc2-c2c1c1c(c3ccccc23)OCC=C1C(F)(F)F. The third-order valence-electron chi connectivity index (χ3n) is 6.99. The van der Waals surface area contributed by atoms with E-state index in [0.717, 1.165) is 41.0 Å². The van der Waals surface area contributed by atoms with Crippen molar-refractivity contribution >= 4 is 16.3 Å². The molecule has 1 N–H and O–H groups in total. The standard InChI is InChI=1S/C29H29F3O4/c1-2-3-13-28(36-18-17-34-16-14-33)22-11-7-6-10-21(22)24-19-8-4-5-9-20(19)27-25(26(24)28)23(12-15-35-27)29(30,31)32/h4-12,33H,2-3,13-18H2,1H3. The van der Waals surface area contributed by atoms with Crippen LogP contribution in [0.3, 0.4) is 0 Å². The first-order valence-corrected chi connectivity index (χ1v) is 12.4. The molecule has 3 aromatic carbocycles. The third-order valence-corrected chi connectivity index (χ3v) is 6.99. The van der Waals surface area contributed by atoms with Crippen LogP contribution in [0.25, 0.3) is 27.5 Å². The van der Waals surface area contributed by atoms with Crippen LogP contribution in [0, 0.1) is 0 Å². The quantitative estimate of drug-likeness (QED) is 0.337. The Balaban J connectivity index is 1.84. The Hall–Kier alpha value is -2.87. The van der Waals surface area contributed by atoms with Gasteiger partial charge in [0.05, 0.1) is 32.0 Å². The van der Waals surface area contributed by atoms with Crippen LogP contribution in [0.15, 0.2) is 54.6 Å². The third kappa shape index (κ3) is 3.99. The molecule has 0 radical (unpaired) electrons. The summed E-state index contributed by atoms with van der Waals surface area (Å²) in [5.74, 6) is 0.257. The molecule has 1 heterocycles. The smallest absolute Gasteiger partial charge is 0.416 e. The van der Waals surface area contributed by atoms with E-state index in [9.17, 15) is 13.2 Å². The summed E-state index contributed by atoms with van der Waals surface area (Å²) in [5.41, 5.74) is 1.34. The Morgan fingerprint density at radius 2 is 1.72 bits per heavy atom. The van der Waals surface area contributed by atoms with Crippen molar-refractivity contribution in [2.45, 2.75) is 38.0 Å². The fraction of sp³-hybridized carbons (Fsp3) is 0.379. The Kier molecular flexibility index (Phi) is 6.81. The lowest BCUT2D eigenvalue weighted by Crippen LogP contribution is -2.33. The molecule has 3 aromatic rings. The number of hydrogen-bond donors (Lipinski definition) is 1. The summed E-state index contributed by atoms with van der Waals surface area (Å²) in [7, 11) is 0. The fourth-order valence-corrected chi connectivity index (χ4v) is 5.60. The van der Waals surface area contributed by atoms with Crippen molar-refractivity contribution < 1.29 is 32.5 Å². The summed E-state index contributed by atoms with van der Waals surface area (Å²) in [6, 6.07) is 15.2. The van der Waals surface area contributed by atoms with Crippen molar-refractivity contribution in [2.75, 3.05) is 33.0 Å². The van der Waals surface area contributed by atoms with Crippen LogP contribution in [0.5, 0.6) is 5.75 Å². The summed E-state index contributed by atoms with van der Waals surface area (Å²) in [6.07, 6.45) is -1.28. The number of fused-ring (bicyclic) bond motifs is 8. The minimum Gasteiger partial charge on any atom is -0.488 e. The van der Waals surface area contributed by atoms with E-state index in [1.807, 2.05) is 48.5 Å². The van der Waals surface area contributed by atoms with Gasteiger partial charge >= 0.3 is 6.18 Å². The maximum atomic E-state index is 14.5. The molecule has 4 nitrogen and oxygen atoms in total. The molecule has 1 atom stereocenters. The van der Waals surface area contributed by atoms with E-state index in [1.54, 1.807) is 0 Å². The van der Waals surface area contributed by atoms with Crippen LogP contribution in [0.4, 0.5) is 13.2 Å². The average Bonchev–Trinajstić information content (AvgIpc) is 3.17. The monoisotopic (exact) mass is 498 g/mol. The molecule has 36 heavy (non-hydrogen) atoms. The molecule has 0 fully saturated rings. The largest absolute Gasteiger partial charge is 0.488 e. The highest BCUT2D eigenvalue weighted by molar-refractivity contribution is 6.09. The van der Waals surface area contributed by atoms with Gasteiger partial charge in [0.25, 0.3) is 0 Å². The van der Waals surface area contributed by atoms with Gasteiger partial charge in [-0.15, -0.1) is 0 Å². The Labute approximate surface area is 208 Å². The predicted molar refractivity (Wildman–Crippen MR) is 133 cm³/mol. The summed E-state index contributed by atoms with van der Waals surface area (Å²) in [5, 5.41) is 10.6. The van der Waals surface area contributed by atoms with Gasteiger partial charge in [0, 0.05) is 16.5 Å². The molecule has 0 aromatic heterocycles. The van der Waals surface area contributed by atoms with Crippen LogP contribution < -0.4 is 4.74 Å². The van der Waals surface area contributed by atoms with Crippen molar-refractivity contribution in [3.8, 4) is 16.9 Å². The van der Waals surface area contributed by atoms with E-state index < -0.39 is 17.4 Å². The minimum absolute atomic E-state index is 0.0750. The number of alkyl halides is 3. The Morgan fingerprint density at radius 1 is 0.972 bits per heavy atom. The van der Waals surface area contributed by atoms with Crippen molar-refractivity contribution in [2.24, 2.45) is 0 Å². The fourth-order valence-electron chi connectivity index (χ4n) is 5.60. The summed E-state index contributed by atoms with van der Waals surface area (Å²) < 4.78 is 61.5. The van der Waals surface area contributed by atoms with Gasteiger partial charge in [0.1, 0.15) is 18.0 Å². The van der Waals surface area contributed by atoms with Crippen molar-refractivity contribution in [1.29, 1.82) is 0 Å². The van der Waals surface area contributed by atoms with Crippen molar-refractivity contribution in [3.05, 3.63) is 71.3 Å². The second kappa shape index (κ2) is 9.88. The van der Waals surface area contributed by atoms with E-state index in [-0.39, 0.29) is 44.3 Å². The van der Waals surface area contributed by atoms with Gasteiger partial charge in [-0.3, -0.25) is 0 Å². The molecule has 0 saturated carbocycles. The number of hydrogen-bond acceptors (Lipinski definition) is 4. The second-order valence-corrected chi connectivity index (χ2v) is 9.09. The number of benzene rings is 3. The molecule has 1 aliphatic heterocycles. The normalized spacial score (nSPS) is 18.4. The Bertz CT molecular complexity index is 1300. The number of halogens is 3. The van der Waals surface area contributed by atoms with Gasteiger partial charge in [-0.1, -0.05) is 68.3 Å². The van der Waals surface area contributed by atoms with Crippen LogP contribution in [-0.4, -0.2) is 44.3 Å². The predicted octanol–water partition coefficient (Wildman–Crippen LogP) is 6.62. The molecular weight excluding hydrogens is 469 g/mol. The zero-order valence-electron chi connectivity index (χ0n) is 20.2. The summed E-state index contributed by atoms with van der Waals surface area (Å²) >= 11 is 0. The van der Waals surface area contributed by atoms with Gasteiger partial charge < -0.3 is 19.3 Å². The number of aliphatic hydroxyl groups excluding tert-OH is 1. The van der Waals surface area contributed by atoms with E-state index >= 15 is 0 Å². The molecule has 1 aliphatic carbocycles. The second-order valence-electron chi connectivity index (χ2n) is 9.09. The maximum Gasteiger partial charge on any atom is 0.416 e. The van der Waals surface area contributed by atoms with Gasteiger partial charge in [0.2, 0.25) is 0 Å². The first-order chi connectivity index (χ1) is 17.4. The molecule has 0 spiro atoms. The number of allylic oxidation sites excluding steroid dienone is 1. The first-order valence-electron chi connectivity index (χ1n) is 12.4. The number of unbranched alkanes of at least 4 members (excludes halogenated alkanes) is 1. The summed E-state index contributed by atoms with van der Waals surface area (Å²) in [4.78, 5) is 0. The lowest BCUT2D eigenvalue weighted by atomic mass is 9.79. The topological polar surface area (TPSA) is 47.9 Å². The maximum absolute atomic E-state index is 14.5. The van der Waals surface area contributed by atoms with E-state index in [0.29, 0.717) is 17.4 Å². The van der Waals surface area contributed by atoms with Crippen molar-refractivity contribution in [1.82, 2.24) is 0 Å². The molecule has 1 unspecified atom stereocenters. The van der Waals surface area contributed by atoms with Crippen LogP contribution in [0.2, 0.25) is 0 Å². The molecular formula is C29H29F3O4. The molecule has 2 aliphatic rings. The van der Waals surface area contributed by atoms with Gasteiger partial charge in [-0.05, 0) is 34.6 Å². The first kappa shape index (κ1) is 24.8. The number of aliphatic hydroxyl groups is 1. The zero-order chi connectivity index (χ0) is 25.3. The molecule has 190 valence electrons. The van der Waals surface area contributed by atoms with Crippen LogP contribution in [-0.2, 0) is 15.1 Å². The molecule has 7 heteroatoms. The number of ether oxygens (including phenoxy) is 3. The highest BCUT2D eigenvalue weighted by Gasteiger charge is 2.51. The summed E-state index contributed by atoms with van der Waals surface area (Å²) in [6.45, 7) is 2.37. The minimum atomic E-state index is -4.55. The average molecular weight is 499 g/mol. The highest BCUT2D eigenvalue weighted by atomic mass is 19.4. The molecule has 5 rings (SSSR count). The lowest BCUT2D eigenvalue weighted by Gasteiger charge is -2.36. The number of rotatable bonds is 9. The highest BCUT2D eigenvalue weighted by Crippen LogP contribution is 2.60. The molecule has 0 amide bonds. The van der Waals surface area contributed by atoms with E-state index in [4.69, 9.17) is 19.3 Å². The van der Waals surface area contributed by atoms with Crippen LogP contribution in [0.1, 0.15) is 42.9 Å². The van der Waals surface area contributed by atoms with E-state index in [1.165, 1.54) is 0 Å². The Morgan fingerprint density at radius 3 is 2.47 bits per heavy atom. The molecule has 0 saturated heterocycles. The lowest BCUT2D eigenvalue weighted by molar-refractivity contribution is -0.0708. The van der Waals surface area contributed by atoms with E-state index in [2.05, 4.69) is 6.92 Å². The van der Waals surface area contributed by atoms with Gasteiger partial charge in [0.15, 0.2) is 0 Å². The van der Waals surface area contributed by atoms with Gasteiger partial charge in [-0.25, -0.2) is 0 Å². The van der Waals surface area contributed by atoms with Crippen LogP contribution >= 0.6 is 0 Å².